The van der Waals surface area contributed by atoms with E-state index in [4.69, 9.17) is 0 Å². The third-order valence-corrected chi connectivity index (χ3v) is 6.37. The molecule has 1 heterocycles. The zero-order chi connectivity index (χ0) is 15.5. The van der Waals surface area contributed by atoms with Crippen LogP contribution < -0.4 is 10.0 Å². The highest BCUT2D eigenvalue weighted by Crippen LogP contribution is 2.27. The fraction of sp³-hybridized carbons (Fsp3) is 0.308. The molecule has 21 heavy (non-hydrogen) atoms. The lowest BCUT2D eigenvalue weighted by Gasteiger charge is -2.12. The van der Waals surface area contributed by atoms with Crippen molar-refractivity contribution in [3.05, 3.63) is 44.3 Å². The summed E-state index contributed by atoms with van der Waals surface area (Å²) in [7, 11) is -1.76. The predicted molar refractivity (Wildman–Crippen MR) is 87.8 cm³/mol. The van der Waals surface area contributed by atoms with Crippen molar-refractivity contribution in [3.8, 4) is 0 Å². The summed E-state index contributed by atoms with van der Waals surface area (Å²) in [6.45, 7) is 2.69. The van der Waals surface area contributed by atoms with Gasteiger partial charge in [-0.2, -0.15) is 0 Å². The van der Waals surface area contributed by atoms with Gasteiger partial charge in [-0.25, -0.2) is 18.1 Å². The molecule has 2 aromatic rings. The summed E-state index contributed by atoms with van der Waals surface area (Å²) in [6, 6.07) is 3.64. The Morgan fingerprint density at radius 1 is 1.33 bits per heavy atom. The third-order valence-electron chi connectivity index (χ3n) is 2.85. The normalized spacial score (nSPS) is 11.8. The number of halogens is 1. The first kappa shape index (κ1) is 16.6. The first-order valence-electron chi connectivity index (χ1n) is 6.25. The van der Waals surface area contributed by atoms with E-state index in [0.717, 1.165) is 16.1 Å². The van der Waals surface area contributed by atoms with E-state index in [0.29, 0.717) is 11.0 Å². The molecule has 0 aliphatic carbocycles. The Hall–Kier alpha value is -0.800. The number of benzene rings is 1. The Balaban J connectivity index is 2.30. The second-order valence-electron chi connectivity index (χ2n) is 4.51. The van der Waals surface area contributed by atoms with Crippen molar-refractivity contribution in [2.75, 3.05) is 7.05 Å². The molecule has 0 radical (unpaired) electrons. The molecule has 0 atom stereocenters. The Kier molecular flexibility index (Phi) is 5.50. The van der Waals surface area contributed by atoms with Gasteiger partial charge in [0.05, 0.1) is 11.4 Å². The lowest BCUT2D eigenvalue weighted by atomic mass is 10.1. The maximum absolute atomic E-state index is 12.5. The monoisotopic (exact) mass is 389 g/mol. The fourth-order valence-corrected chi connectivity index (χ4v) is 4.59. The number of sulfonamides is 1. The van der Waals surface area contributed by atoms with Crippen LogP contribution in [0.15, 0.2) is 33.1 Å². The van der Waals surface area contributed by atoms with E-state index in [1.807, 2.05) is 25.4 Å². The first-order chi connectivity index (χ1) is 9.94. The van der Waals surface area contributed by atoms with Crippen molar-refractivity contribution in [1.82, 2.24) is 15.0 Å². The Bertz CT molecular complexity index is 715. The first-order valence-corrected chi connectivity index (χ1v) is 9.41. The van der Waals surface area contributed by atoms with Gasteiger partial charge in [-0.3, -0.25) is 0 Å². The highest BCUT2D eigenvalue weighted by molar-refractivity contribution is 9.10. The molecule has 1 aromatic heterocycles. The molecule has 0 saturated heterocycles. The van der Waals surface area contributed by atoms with Crippen LogP contribution in [0.5, 0.6) is 0 Å². The summed E-state index contributed by atoms with van der Waals surface area (Å²) in [6.07, 6.45) is 1.65. The molecule has 2 N–H and O–H groups in total. The van der Waals surface area contributed by atoms with E-state index in [-0.39, 0.29) is 11.4 Å². The van der Waals surface area contributed by atoms with Gasteiger partial charge >= 0.3 is 0 Å². The van der Waals surface area contributed by atoms with Gasteiger partial charge in [0.25, 0.3) is 0 Å². The predicted octanol–water partition coefficient (Wildman–Crippen LogP) is 2.41. The van der Waals surface area contributed by atoms with Crippen LogP contribution in [-0.4, -0.2) is 20.4 Å². The van der Waals surface area contributed by atoms with E-state index < -0.39 is 10.0 Å². The molecule has 114 valence electrons. The molecular formula is C13H16BrN3O2S2. The van der Waals surface area contributed by atoms with Crippen LogP contribution in [0.2, 0.25) is 0 Å². The maximum Gasteiger partial charge on any atom is 0.242 e. The molecule has 0 fully saturated rings. The van der Waals surface area contributed by atoms with Gasteiger partial charge in [0.1, 0.15) is 5.01 Å². The minimum absolute atomic E-state index is 0.196. The van der Waals surface area contributed by atoms with Crippen molar-refractivity contribution in [2.45, 2.75) is 24.9 Å². The largest absolute Gasteiger partial charge is 0.316 e. The quantitative estimate of drug-likeness (QED) is 0.795. The Morgan fingerprint density at radius 2 is 2.10 bits per heavy atom. The second kappa shape index (κ2) is 6.97. The van der Waals surface area contributed by atoms with E-state index in [1.165, 1.54) is 11.3 Å². The van der Waals surface area contributed by atoms with Gasteiger partial charge in [-0.05, 0) is 47.1 Å². The smallest absolute Gasteiger partial charge is 0.242 e. The third kappa shape index (κ3) is 4.10. The van der Waals surface area contributed by atoms with Crippen molar-refractivity contribution >= 4 is 37.3 Å². The fourth-order valence-electron chi connectivity index (χ4n) is 1.89. The summed E-state index contributed by atoms with van der Waals surface area (Å²) in [5.41, 5.74) is 1.81. The lowest BCUT2D eigenvalue weighted by Crippen LogP contribution is -2.24. The number of aryl methyl sites for hydroxylation is 1. The van der Waals surface area contributed by atoms with Crippen LogP contribution in [0.4, 0.5) is 0 Å². The van der Waals surface area contributed by atoms with Gasteiger partial charge in [0.15, 0.2) is 0 Å². The number of aromatic nitrogens is 1. The van der Waals surface area contributed by atoms with E-state index in [9.17, 15) is 8.42 Å². The van der Waals surface area contributed by atoms with Gasteiger partial charge in [-0.1, -0.05) is 6.07 Å². The van der Waals surface area contributed by atoms with Gasteiger partial charge in [0.2, 0.25) is 10.0 Å². The molecule has 0 bridgehead atoms. The number of hydrogen-bond acceptors (Lipinski definition) is 5. The zero-order valence-electron chi connectivity index (χ0n) is 11.7. The summed E-state index contributed by atoms with van der Waals surface area (Å²) in [5, 5.41) is 5.58. The molecule has 0 aliphatic rings. The molecule has 2 rings (SSSR count). The van der Waals surface area contributed by atoms with Crippen LogP contribution in [0, 0.1) is 6.92 Å². The van der Waals surface area contributed by atoms with Crippen molar-refractivity contribution < 1.29 is 8.42 Å². The molecular weight excluding hydrogens is 374 g/mol. The van der Waals surface area contributed by atoms with E-state index in [2.05, 4.69) is 31.0 Å². The van der Waals surface area contributed by atoms with E-state index >= 15 is 0 Å². The molecule has 5 nitrogen and oxygen atoms in total. The zero-order valence-corrected chi connectivity index (χ0v) is 14.9. The van der Waals surface area contributed by atoms with Gasteiger partial charge in [-0.15, -0.1) is 11.3 Å². The highest BCUT2D eigenvalue weighted by Gasteiger charge is 2.20. The lowest BCUT2D eigenvalue weighted by molar-refractivity contribution is 0.580. The summed E-state index contributed by atoms with van der Waals surface area (Å²) < 4.78 is 28.1. The average molecular weight is 390 g/mol. The molecule has 8 heteroatoms. The SMILES string of the molecule is CNCc1cc(C)c(Br)c(S(=O)(=O)NCc2nccs2)c1. The molecule has 0 spiro atoms. The molecule has 0 amide bonds. The number of nitrogens with zero attached hydrogens (tertiary/aromatic N) is 1. The standard InChI is InChI=1S/C13H16BrN3O2S2/c1-9-5-10(7-15-2)6-11(13(9)14)21(18,19)17-8-12-16-3-4-20-12/h3-6,15,17H,7-8H2,1-2H3. The van der Waals surface area contributed by atoms with E-state index in [1.54, 1.807) is 12.3 Å². The van der Waals surface area contributed by atoms with Crippen molar-refractivity contribution in [3.63, 3.8) is 0 Å². The number of nitrogens with one attached hydrogen (secondary N) is 2. The minimum Gasteiger partial charge on any atom is -0.316 e. The number of hydrogen-bond donors (Lipinski definition) is 2. The topological polar surface area (TPSA) is 71.1 Å². The van der Waals surface area contributed by atoms with Crippen LogP contribution >= 0.6 is 27.3 Å². The highest BCUT2D eigenvalue weighted by atomic mass is 79.9. The molecule has 0 unspecified atom stereocenters. The van der Waals surface area contributed by atoms with Crippen LogP contribution in [0.25, 0.3) is 0 Å². The van der Waals surface area contributed by atoms with Gasteiger partial charge in [0, 0.05) is 22.6 Å². The Labute approximate surface area is 137 Å². The number of rotatable bonds is 6. The molecule has 1 aromatic carbocycles. The van der Waals surface area contributed by atoms with Crippen LogP contribution in [0.3, 0.4) is 0 Å². The summed E-state index contributed by atoms with van der Waals surface area (Å²) >= 11 is 4.79. The number of thiazole rings is 1. The molecule has 0 saturated carbocycles. The Morgan fingerprint density at radius 3 is 2.71 bits per heavy atom. The van der Waals surface area contributed by atoms with Crippen LogP contribution in [0.1, 0.15) is 16.1 Å². The minimum atomic E-state index is -3.59. The van der Waals surface area contributed by atoms with Crippen molar-refractivity contribution in [2.24, 2.45) is 0 Å². The van der Waals surface area contributed by atoms with Gasteiger partial charge < -0.3 is 5.32 Å². The van der Waals surface area contributed by atoms with Crippen molar-refractivity contribution in [1.29, 1.82) is 0 Å². The second-order valence-corrected chi connectivity index (χ2v) is 8.01. The maximum atomic E-state index is 12.5. The summed E-state index contributed by atoms with van der Waals surface area (Å²) in [4.78, 5) is 4.32. The summed E-state index contributed by atoms with van der Waals surface area (Å²) in [5.74, 6) is 0. The van der Waals surface area contributed by atoms with Crippen LogP contribution in [-0.2, 0) is 23.1 Å². The molecule has 0 aliphatic heterocycles. The average Bonchev–Trinajstić information content (AvgIpc) is 2.94.